The number of hydrogen-bond acceptors (Lipinski definition) is 5. The fourth-order valence-electron chi connectivity index (χ4n) is 2.61. The molecule has 0 spiro atoms. The van der Waals surface area contributed by atoms with Crippen molar-refractivity contribution in [3.05, 3.63) is 54.1 Å². The van der Waals surface area contributed by atoms with Gasteiger partial charge in [0.1, 0.15) is 11.6 Å². The first-order chi connectivity index (χ1) is 12.1. The summed E-state index contributed by atoms with van der Waals surface area (Å²) < 4.78 is 18.2. The van der Waals surface area contributed by atoms with Crippen molar-refractivity contribution in [2.45, 2.75) is 37.2 Å². The highest BCUT2D eigenvalue weighted by molar-refractivity contribution is 7.98. The summed E-state index contributed by atoms with van der Waals surface area (Å²) in [7, 11) is 0. The second kappa shape index (κ2) is 10.7. The molecule has 0 fully saturated rings. The molecule has 0 amide bonds. The van der Waals surface area contributed by atoms with Gasteiger partial charge >= 0.3 is 0 Å². The molecule has 2 heterocycles. The summed E-state index contributed by atoms with van der Waals surface area (Å²) >= 11 is 1.51. The van der Waals surface area contributed by atoms with Crippen LogP contribution in [-0.2, 0) is 12.2 Å². The van der Waals surface area contributed by atoms with Gasteiger partial charge in [-0.2, -0.15) is 0 Å². The number of aromatic nitrogens is 5. The van der Waals surface area contributed by atoms with E-state index in [1.165, 1.54) is 17.8 Å². The summed E-state index contributed by atoms with van der Waals surface area (Å²) in [6.07, 6.45) is 4.20. The van der Waals surface area contributed by atoms with E-state index in [0.29, 0.717) is 41.4 Å². The molecule has 148 valence electrons. The van der Waals surface area contributed by atoms with Crippen LogP contribution in [0.4, 0.5) is 4.39 Å². The van der Waals surface area contributed by atoms with Crippen molar-refractivity contribution in [1.29, 1.82) is 0 Å². The Morgan fingerprint density at radius 1 is 1.19 bits per heavy atom. The number of benzene rings is 1. The Kier molecular flexibility index (Phi) is 9.25. The fourth-order valence-corrected chi connectivity index (χ4v) is 3.54. The van der Waals surface area contributed by atoms with E-state index in [-0.39, 0.29) is 30.6 Å². The predicted molar refractivity (Wildman–Crippen MR) is 111 cm³/mol. The van der Waals surface area contributed by atoms with E-state index < -0.39 is 0 Å². The third kappa shape index (κ3) is 5.22. The van der Waals surface area contributed by atoms with Crippen molar-refractivity contribution in [2.75, 3.05) is 6.54 Å². The molecule has 1 aromatic carbocycles. The highest BCUT2D eigenvalue weighted by atomic mass is 35.5. The number of imidazole rings is 1. The van der Waals surface area contributed by atoms with E-state index in [4.69, 9.17) is 5.73 Å². The molecule has 10 heteroatoms. The Morgan fingerprint density at radius 2 is 1.93 bits per heavy atom. The summed E-state index contributed by atoms with van der Waals surface area (Å²) in [6, 6.07) is 6.95. The zero-order valence-corrected chi connectivity index (χ0v) is 17.5. The van der Waals surface area contributed by atoms with Gasteiger partial charge < -0.3 is 10.3 Å². The van der Waals surface area contributed by atoms with Gasteiger partial charge in [-0.05, 0) is 32.5 Å². The topological polar surface area (TPSA) is 74.6 Å². The van der Waals surface area contributed by atoms with Crippen molar-refractivity contribution in [3.63, 3.8) is 0 Å². The molecule has 0 radical (unpaired) electrons. The zero-order valence-electron chi connectivity index (χ0n) is 15.1. The maximum Gasteiger partial charge on any atom is 0.196 e. The first-order valence-corrected chi connectivity index (χ1v) is 9.13. The van der Waals surface area contributed by atoms with Crippen LogP contribution in [0.5, 0.6) is 0 Å². The van der Waals surface area contributed by atoms with Crippen molar-refractivity contribution in [1.82, 2.24) is 24.3 Å². The van der Waals surface area contributed by atoms with Crippen LogP contribution in [0.1, 0.15) is 31.4 Å². The molecule has 0 aliphatic heterocycles. The summed E-state index contributed by atoms with van der Waals surface area (Å²) in [5, 5.41) is 9.10. The zero-order chi connectivity index (χ0) is 17.8. The van der Waals surface area contributed by atoms with Gasteiger partial charge in [0.05, 0.1) is 12.0 Å². The van der Waals surface area contributed by atoms with Crippen LogP contribution < -0.4 is 5.73 Å². The lowest BCUT2D eigenvalue weighted by Crippen LogP contribution is -2.10. The quantitative estimate of drug-likeness (QED) is 0.574. The smallest absolute Gasteiger partial charge is 0.196 e. The van der Waals surface area contributed by atoms with E-state index in [1.54, 1.807) is 22.8 Å². The lowest BCUT2D eigenvalue weighted by molar-refractivity contribution is 0.583. The predicted octanol–water partition coefficient (Wildman–Crippen LogP) is 3.82. The van der Waals surface area contributed by atoms with E-state index in [1.807, 2.05) is 12.5 Å². The van der Waals surface area contributed by atoms with Gasteiger partial charge in [0, 0.05) is 30.1 Å². The van der Waals surface area contributed by atoms with Crippen LogP contribution in [0, 0.1) is 5.82 Å². The molecule has 0 saturated carbocycles. The average Bonchev–Trinajstić information content (AvgIpc) is 3.21. The summed E-state index contributed by atoms with van der Waals surface area (Å²) in [5.41, 5.74) is 7.19. The van der Waals surface area contributed by atoms with E-state index >= 15 is 0 Å². The fraction of sp³-hybridized carbons (Fsp3) is 0.353. The number of halogens is 3. The average molecular weight is 433 g/mol. The van der Waals surface area contributed by atoms with Crippen LogP contribution >= 0.6 is 36.6 Å². The minimum atomic E-state index is -0.311. The molecule has 0 aliphatic carbocycles. The third-order valence-corrected chi connectivity index (χ3v) is 4.78. The van der Waals surface area contributed by atoms with Crippen molar-refractivity contribution in [2.24, 2.45) is 5.73 Å². The molecule has 2 aromatic heterocycles. The second-order valence-corrected chi connectivity index (χ2v) is 6.84. The molecule has 27 heavy (non-hydrogen) atoms. The third-order valence-electron chi connectivity index (χ3n) is 3.81. The highest BCUT2D eigenvalue weighted by Gasteiger charge is 2.17. The van der Waals surface area contributed by atoms with E-state index in [0.717, 1.165) is 5.69 Å². The molecule has 3 rings (SSSR count). The van der Waals surface area contributed by atoms with Gasteiger partial charge in [0.2, 0.25) is 0 Å². The maximum atomic E-state index is 14.3. The minimum Gasteiger partial charge on any atom is -0.331 e. The highest BCUT2D eigenvalue weighted by Crippen LogP contribution is 2.27. The van der Waals surface area contributed by atoms with Crippen molar-refractivity contribution < 1.29 is 4.39 Å². The molecular weight excluding hydrogens is 410 g/mol. The largest absolute Gasteiger partial charge is 0.331 e. The Bertz CT molecular complexity index is 852. The molecule has 0 aliphatic rings. The number of para-hydroxylation sites is 1. The second-order valence-electron chi connectivity index (χ2n) is 5.90. The molecule has 0 saturated heterocycles. The van der Waals surface area contributed by atoms with Gasteiger partial charge in [-0.1, -0.05) is 23.9 Å². The number of rotatable bonds is 7. The summed E-state index contributed by atoms with van der Waals surface area (Å²) in [6.45, 7) is 4.64. The van der Waals surface area contributed by atoms with Crippen LogP contribution in [0.25, 0.3) is 5.69 Å². The van der Waals surface area contributed by atoms with E-state index in [9.17, 15) is 4.39 Å². The molecule has 0 atom stereocenters. The molecule has 6 nitrogen and oxygen atoms in total. The number of hydrogen-bond donors (Lipinski definition) is 1. The van der Waals surface area contributed by atoms with Gasteiger partial charge in [-0.3, -0.25) is 4.57 Å². The number of nitrogens with zero attached hydrogens (tertiary/aromatic N) is 5. The number of thioether (sulfide) groups is 1. The summed E-state index contributed by atoms with van der Waals surface area (Å²) in [4.78, 5) is 4.22. The Hall–Kier alpha value is -1.61. The molecule has 0 bridgehead atoms. The minimum absolute atomic E-state index is 0. The molecular formula is C17H23Cl2FN6S. The Morgan fingerprint density at radius 3 is 2.59 bits per heavy atom. The molecule has 2 N–H and O–H groups in total. The monoisotopic (exact) mass is 432 g/mol. The van der Waals surface area contributed by atoms with Crippen LogP contribution in [0.15, 0.2) is 41.9 Å². The van der Waals surface area contributed by atoms with E-state index in [2.05, 4.69) is 33.6 Å². The van der Waals surface area contributed by atoms with Crippen LogP contribution in [0.3, 0.4) is 0 Å². The molecule has 3 aromatic rings. The first kappa shape index (κ1) is 23.4. The first-order valence-electron chi connectivity index (χ1n) is 8.14. The normalized spacial score (nSPS) is 10.6. The van der Waals surface area contributed by atoms with Gasteiger partial charge in [-0.25, -0.2) is 9.37 Å². The summed E-state index contributed by atoms with van der Waals surface area (Å²) in [5.74, 6) is 1.02. The standard InChI is InChI=1S/C17H21FN6S.2ClH/c1-12(2)23-11-20-9-13(23)10-25-17-22-21-16(7-8-19)24(17)15-6-4-3-5-14(15)18;;/h3-6,9,11-12H,7-8,10,19H2,1-2H3;2*1H. The van der Waals surface area contributed by atoms with Gasteiger partial charge in [-0.15, -0.1) is 35.0 Å². The lowest BCUT2D eigenvalue weighted by atomic mass is 10.3. The van der Waals surface area contributed by atoms with Crippen LogP contribution in [0.2, 0.25) is 0 Å². The van der Waals surface area contributed by atoms with Crippen LogP contribution in [-0.4, -0.2) is 30.9 Å². The van der Waals surface area contributed by atoms with Crippen molar-refractivity contribution >= 4 is 36.6 Å². The Labute approximate surface area is 174 Å². The lowest BCUT2D eigenvalue weighted by Gasteiger charge is -2.13. The molecule has 0 unspecified atom stereocenters. The maximum absolute atomic E-state index is 14.3. The SMILES string of the molecule is CC(C)n1cncc1CSc1nnc(CCN)n1-c1ccccc1F.Cl.Cl. The Balaban J connectivity index is 0.00000182. The number of nitrogens with two attached hydrogens (primary N) is 1. The van der Waals surface area contributed by atoms with Gasteiger partial charge in [0.15, 0.2) is 5.16 Å². The van der Waals surface area contributed by atoms with Gasteiger partial charge in [0.25, 0.3) is 0 Å². The van der Waals surface area contributed by atoms with Crippen molar-refractivity contribution in [3.8, 4) is 5.69 Å².